The number of carboxylic acids is 1. The van der Waals surface area contributed by atoms with Crippen LogP contribution < -0.4 is 33.2 Å². The Morgan fingerprint density at radius 2 is 1.55 bits per heavy atom. The monoisotopic (exact) mass is 461 g/mol. The van der Waals surface area contributed by atoms with Gasteiger partial charge in [-0.3, -0.25) is 24.2 Å². The van der Waals surface area contributed by atoms with Crippen LogP contribution in [-0.2, 0) is 19.2 Å². The molecule has 0 saturated carbocycles. The molecule has 31 heavy (non-hydrogen) atoms. The summed E-state index contributed by atoms with van der Waals surface area (Å²) in [5, 5.41) is 16.3. The quantitative estimate of drug-likeness (QED) is 0.0619. The number of nitrogens with one attached hydrogen (secondary N) is 3. The summed E-state index contributed by atoms with van der Waals surface area (Å²) >= 11 is 4.05. The number of hydrogen-bond acceptors (Lipinski definition) is 7. The van der Waals surface area contributed by atoms with E-state index >= 15 is 0 Å². The lowest BCUT2D eigenvalue weighted by atomic mass is 9.98. The van der Waals surface area contributed by atoms with Crippen LogP contribution >= 0.6 is 12.6 Å². The average Bonchev–Trinajstić information content (AvgIpc) is 2.71. The van der Waals surface area contributed by atoms with Crippen LogP contribution in [0.3, 0.4) is 0 Å². The number of carboxylic acid groups (broad SMARTS) is 1. The second-order valence-corrected chi connectivity index (χ2v) is 7.60. The third kappa shape index (κ3) is 10.9. The number of rotatable bonds is 14. The summed E-state index contributed by atoms with van der Waals surface area (Å²) in [5.41, 5.74) is 16.5. The van der Waals surface area contributed by atoms with Gasteiger partial charge in [0.05, 0.1) is 6.04 Å². The Morgan fingerprint density at radius 1 is 1.00 bits per heavy atom. The van der Waals surface area contributed by atoms with Gasteiger partial charge in [0.2, 0.25) is 17.7 Å². The molecule has 0 aliphatic carbocycles. The van der Waals surface area contributed by atoms with Gasteiger partial charge in [0.1, 0.15) is 18.1 Å². The molecule has 0 fully saturated rings. The van der Waals surface area contributed by atoms with Gasteiger partial charge in [0.25, 0.3) is 0 Å². The van der Waals surface area contributed by atoms with Gasteiger partial charge in [-0.25, -0.2) is 0 Å². The molecule has 0 aliphatic heterocycles. The number of thiol groups is 1. The second kappa shape index (κ2) is 14.5. The maximum absolute atomic E-state index is 12.8. The second-order valence-electron chi connectivity index (χ2n) is 7.23. The van der Waals surface area contributed by atoms with Crippen LogP contribution in [0.2, 0.25) is 0 Å². The Bertz CT molecular complexity index is 657. The first-order valence-electron chi connectivity index (χ1n) is 10.00. The smallest absolute Gasteiger partial charge is 0.325 e. The molecule has 0 aliphatic rings. The third-order valence-corrected chi connectivity index (χ3v) is 5.05. The number of hydrogen-bond donors (Lipinski definition) is 8. The SMILES string of the molecule is CCC(C)C(N)C(=O)NC(CCCN=C(N)N)C(=O)NC(CS)C(=O)NC(C)C(=O)O. The van der Waals surface area contributed by atoms with E-state index in [9.17, 15) is 19.2 Å². The predicted octanol–water partition coefficient (Wildman–Crippen LogP) is -2.10. The van der Waals surface area contributed by atoms with Crippen LogP contribution in [0.15, 0.2) is 4.99 Å². The first-order chi connectivity index (χ1) is 14.4. The largest absolute Gasteiger partial charge is 0.480 e. The van der Waals surface area contributed by atoms with Crippen molar-refractivity contribution in [2.24, 2.45) is 28.1 Å². The van der Waals surface area contributed by atoms with Crippen LogP contribution in [0.1, 0.15) is 40.0 Å². The van der Waals surface area contributed by atoms with Crippen LogP contribution in [-0.4, -0.2) is 71.2 Å². The van der Waals surface area contributed by atoms with E-state index in [4.69, 9.17) is 22.3 Å². The molecule has 0 aromatic heterocycles. The fraction of sp³-hybridized carbons (Fsp3) is 0.722. The standard InChI is InChI=1S/C18H35N7O5S/c1-4-9(2)13(19)16(28)24-11(6-5-7-22-18(20)21)14(26)25-12(8-31)15(27)23-10(3)17(29)30/h9-13,31H,4-8,19H2,1-3H3,(H,23,27)(H,24,28)(H,25,26)(H,29,30)(H4,20,21,22). The zero-order valence-corrected chi connectivity index (χ0v) is 19.0. The van der Waals surface area contributed by atoms with E-state index in [0.29, 0.717) is 12.8 Å². The van der Waals surface area contributed by atoms with Gasteiger partial charge < -0.3 is 38.3 Å². The van der Waals surface area contributed by atoms with Crippen LogP contribution in [0.4, 0.5) is 0 Å². The number of aliphatic carboxylic acids is 1. The van der Waals surface area contributed by atoms with Crippen LogP contribution in [0, 0.1) is 5.92 Å². The lowest BCUT2D eigenvalue weighted by Crippen LogP contribution is -2.57. The van der Waals surface area contributed by atoms with Crippen molar-refractivity contribution in [3.8, 4) is 0 Å². The first-order valence-corrected chi connectivity index (χ1v) is 10.6. The Labute approximate surface area is 187 Å². The molecule has 0 spiro atoms. The fourth-order valence-corrected chi connectivity index (χ4v) is 2.65. The van der Waals surface area contributed by atoms with Gasteiger partial charge in [-0.05, 0) is 25.7 Å². The molecule has 3 amide bonds. The molecule has 0 aromatic carbocycles. The lowest BCUT2D eigenvalue weighted by Gasteiger charge is -2.25. The molecule has 0 radical (unpaired) electrons. The van der Waals surface area contributed by atoms with Gasteiger partial charge in [-0.1, -0.05) is 20.3 Å². The highest BCUT2D eigenvalue weighted by Gasteiger charge is 2.29. The maximum Gasteiger partial charge on any atom is 0.325 e. The van der Waals surface area contributed by atoms with Crippen molar-refractivity contribution in [3.05, 3.63) is 0 Å². The molecular formula is C18H35N7O5S. The molecule has 0 heterocycles. The minimum absolute atomic E-state index is 0.0784. The van der Waals surface area contributed by atoms with Gasteiger partial charge >= 0.3 is 5.97 Å². The molecule has 5 atom stereocenters. The molecule has 5 unspecified atom stereocenters. The minimum atomic E-state index is -1.22. The zero-order chi connectivity index (χ0) is 24.1. The number of guanidine groups is 1. The summed E-state index contributed by atoms with van der Waals surface area (Å²) in [5.74, 6) is -3.33. The number of nitrogens with two attached hydrogens (primary N) is 3. The van der Waals surface area contributed by atoms with E-state index in [1.165, 1.54) is 6.92 Å². The van der Waals surface area contributed by atoms with Crippen molar-refractivity contribution in [2.75, 3.05) is 12.3 Å². The zero-order valence-electron chi connectivity index (χ0n) is 18.1. The van der Waals surface area contributed by atoms with E-state index in [1.807, 2.05) is 13.8 Å². The predicted molar refractivity (Wildman–Crippen MR) is 120 cm³/mol. The average molecular weight is 462 g/mol. The number of amides is 3. The van der Waals surface area contributed by atoms with Crippen molar-refractivity contribution in [2.45, 2.75) is 64.2 Å². The van der Waals surface area contributed by atoms with E-state index in [1.54, 1.807) is 0 Å². The molecular weight excluding hydrogens is 426 g/mol. The fourth-order valence-electron chi connectivity index (χ4n) is 2.39. The van der Waals surface area contributed by atoms with Crippen LogP contribution in [0.5, 0.6) is 0 Å². The van der Waals surface area contributed by atoms with Crippen molar-refractivity contribution < 1.29 is 24.3 Å². The molecule has 0 saturated heterocycles. The number of carbonyl (C=O) groups is 4. The van der Waals surface area contributed by atoms with Gasteiger partial charge in [-0.15, -0.1) is 0 Å². The number of nitrogens with zero attached hydrogens (tertiary/aromatic N) is 1. The normalized spacial score (nSPS) is 15.5. The van der Waals surface area contributed by atoms with E-state index < -0.39 is 47.9 Å². The van der Waals surface area contributed by atoms with Crippen molar-refractivity contribution in [1.82, 2.24) is 16.0 Å². The number of aliphatic imine (C=N–C) groups is 1. The van der Waals surface area contributed by atoms with Crippen molar-refractivity contribution in [1.29, 1.82) is 0 Å². The highest BCUT2D eigenvalue weighted by atomic mass is 32.1. The molecule has 10 N–H and O–H groups in total. The lowest BCUT2D eigenvalue weighted by molar-refractivity contribution is -0.141. The van der Waals surface area contributed by atoms with E-state index in [0.717, 1.165) is 0 Å². The van der Waals surface area contributed by atoms with E-state index in [-0.39, 0.29) is 30.6 Å². The van der Waals surface area contributed by atoms with Gasteiger partial charge in [-0.2, -0.15) is 12.6 Å². The summed E-state index contributed by atoms with van der Waals surface area (Å²) in [7, 11) is 0. The topological polar surface area (TPSA) is 215 Å². The molecule has 0 bridgehead atoms. The summed E-state index contributed by atoms with van der Waals surface area (Å²) in [6, 6.07) is -4.05. The highest BCUT2D eigenvalue weighted by molar-refractivity contribution is 7.80. The molecule has 0 rings (SSSR count). The summed E-state index contributed by atoms with van der Waals surface area (Å²) in [4.78, 5) is 52.3. The first kappa shape index (κ1) is 28.5. The summed E-state index contributed by atoms with van der Waals surface area (Å²) in [6.07, 6.45) is 1.25. The van der Waals surface area contributed by atoms with Crippen LogP contribution in [0.25, 0.3) is 0 Å². The van der Waals surface area contributed by atoms with Gasteiger partial charge in [0, 0.05) is 12.3 Å². The number of carbonyl (C=O) groups excluding carboxylic acids is 3. The highest BCUT2D eigenvalue weighted by Crippen LogP contribution is 2.07. The Balaban J connectivity index is 5.26. The maximum atomic E-state index is 12.8. The van der Waals surface area contributed by atoms with Crippen molar-refractivity contribution >= 4 is 42.3 Å². The Kier molecular flexibility index (Phi) is 13.3. The molecule has 178 valence electrons. The molecule has 12 nitrogen and oxygen atoms in total. The van der Waals surface area contributed by atoms with Gasteiger partial charge in [0.15, 0.2) is 5.96 Å². The third-order valence-electron chi connectivity index (χ3n) is 4.68. The molecule has 13 heteroatoms. The van der Waals surface area contributed by atoms with Crippen molar-refractivity contribution in [3.63, 3.8) is 0 Å². The minimum Gasteiger partial charge on any atom is -0.480 e. The van der Waals surface area contributed by atoms with E-state index in [2.05, 4.69) is 33.6 Å². The summed E-state index contributed by atoms with van der Waals surface area (Å²) in [6.45, 7) is 5.25. The molecule has 0 aromatic rings. The summed E-state index contributed by atoms with van der Waals surface area (Å²) < 4.78 is 0. The Hall–Kier alpha value is -2.54. The Morgan fingerprint density at radius 3 is 2.03 bits per heavy atom.